The number of likely N-dealkylation sites (tertiary alicyclic amines) is 1. The molecule has 2 fully saturated rings. The van der Waals surface area contributed by atoms with Crippen molar-refractivity contribution in [1.29, 1.82) is 0 Å². The number of nitrogens with zero attached hydrogens (tertiary/aromatic N) is 1. The van der Waals surface area contributed by atoms with Crippen molar-refractivity contribution >= 4 is 11.9 Å². The number of carbonyl (C=O) groups excluding carboxylic acids is 2. The Balaban J connectivity index is 1.37. The third kappa shape index (κ3) is 6.56. The highest BCUT2D eigenvalue weighted by atomic mass is 16.2. The van der Waals surface area contributed by atoms with E-state index in [4.69, 9.17) is 0 Å². The molecule has 0 aromatic heterocycles. The van der Waals surface area contributed by atoms with E-state index in [2.05, 4.69) is 41.8 Å². The smallest absolute Gasteiger partial charge is 0.317 e. The summed E-state index contributed by atoms with van der Waals surface area (Å²) in [5.41, 5.74) is 2.59. The monoisotopic (exact) mass is 371 g/mol. The van der Waals surface area contributed by atoms with Gasteiger partial charge in [-0.2, -0.15) is 0 Å². The Morgan fingerprint density at radius 2 is 1.70 bits per heavy atom. The van der Waals surface area contributed by atoms with E-state index in [1.807, 2.05) is 4.90 Å². The number of hydrogen-bond acceptors (Lipinski definition) is 2. The standard InChI is InChI=1S/C22H33N3O2/c1-2-13-23-22(27)25-14-11-19(12-15-25)16-18-5-3-17(4-6-18)7-10-21(26)24-20-8-9-20/h3-6,19-20H,2,7-16H2,1H3,(H,23,27)(H,24,26). The Bertz CT molecular complexity index is 617. The number of amides is 3. The van der Waals surface area contributed by atoms with Crippen LogP contribution in [0.4, 0.5) is 4.79 Å². The first kappa shape index (κ1) is 19.7. The van der Waals surface area contributed by atoms with Crippen LogP contribution in [0.15, 0.2) is 24.3 Å². The van der Waals surface area contributed by atoms with Crippen molar-refractivity contribution in [2.45, 2.75) is 64.3 Å². The maximum atomic E-state index is 12.0. The second-order valence-corrected chi connectivity index (χ2v) is 8.02. The molecule has 0 unspecified atom stereocenters. The van der Waals surface area contributed by atoms with Gasteiger partial charge in [0.05, 0.1) is 0 Å². The molecule has 1 aliphatic heterocycles. The summed E-state index contributed by atoms with van der Waals surface area (Å²) in [7, 11) is 0. The molecule has 3 amide bonds. The van der Waals surface area contributed by atoms with Crippen LogP contribution in [0, 0.1) is 5.92 Å². The summed E-state index contributed by atoms with van der Waals surface area (Å²) in [5.74, 6) is 0.826. The van der Waals surface area contributed by atoms with Crippen LogP contribution in [-0.2, 0) is 17.6 Å². The molecule has 2 N–H and O–H groups in total. The lowest BCUT2D eigenvalue weighted by Crippen LogP contribution is -2.44. The first-order valence-electron chi connectivity index (χ1n) is 10.5. The first-order chi connectivity index (χ1) is 13.1. The van der Waals surface area contributed by atoms with Gasteiger partial charge < -0.3 is 15.5 Å². The molecular weight excluding hydrogens is 338 g/mol. The molecule has 0 bridgehead atoms. The summed E-state index contributed by atoms with van der Waals surface area (Å²) in [6.07, 6.45) is 7.87. The SMILES string of the molecule is CCCNC(=O)N1CCC(Cc2ccc(CCC(=O)NC3CC3)cc2)CC1. The van der Waals surface area contributed by atoms with Gasteiger partial charge in [0.1, 0.15) is 0 Å². The highest BCUT2D eigenvalue weighted by Gasteiger charge is 2.23. The highest BCUT2D eigenvalue weighted by molar-refractivity contribution is 5.76. The Labute approximate surface area is 162 Å². The normalized spacial score (nSPS) is 17.6. The summed E-state index contributed by atoms with van der Waals surface area (Å²) in [4.78, 5) is 25.7. The molecule has 5 nitrogen and oxygen atoms in total. The predicted octanol–water partition coefficient (Wildman–Crippen LogP) is 3.27. The minimum absolute atomic E-state index is 0.0883. The van der Waals surface area contributed by atoms with Crippen LogP contribution in [0.1, 0.15) is 56.6 Å². The molecule has 1 heterocycles. The molecule has 148 valence electrons. The number of urea groups is 1. The fourth-order valence-corrected chi connectivity index (χ4v) is 3.64. The van der Waals surface area contributed by atoms with E-state index in [1.54, 1.807) is 0 Å². The first-order valence-corrected chi connectivity index (χ1v) is 10.5. The van der Waals surface area contributed by atoms with E-state index in [-0.39, 0.29) is 11.9 Å². The van der Waals surface area contributed by atoms with Gasteiger partial charge in [-0.15, -0.1) is 0 Å². The molecule has 0 spiro atoms. The van der Waals surface area contributed by atoms with Gasteiger partial charge in [-0.3, -0.25) is 4.79 Å². The van der Waals surface area contributed by atoms with Gasteiger partial charge in [-0.25, -0.2) is 4.79 Å². The molecule has 1 saturated carbocycles. The van der Waals surface area contributed by atoms with Gasteiger partial charge in [0.15, 0.2) is 0 Å². The molecule has 1 aromatic carbocycles. The van der Waals surface area contributed by atoms with Crippen molar-refractivity contribution in [3.63, 3.8) is 0 Å². The molecule has 1 aliphatic carbocycles. The molecular formula is C22H33N3O2. The summed E-state index contributed by atoms with van der Waals surface area (Å²) in [6.45, 7) is 4.54. The quantitative estimate of drug-likeness (QED) is 0.737. The average molecular weight is 372 g/mol. The Hall–Kier alpha value is -2.04. The van der Waals surface area contributed by atoms with Crippen molar-refractivity contribution in [3.05, 3.63) is 35.4 Å². The maximum Gasteiger partial charge on any atom is 0.317 e. The maximum absolute atomic E-state index is 12.0. The number of hydrogen-bond donors (Lipinski definition) is 2. The fraction of sp³-hybridized carbons (Fsp3) is 0.636. The molecule has 2 aliphatic rings. The van der Waals surface area contributed by atoms with Crippen molar-refractivity contribution in [3.8, 4) is 0 Å². The highest BCUT2D eigenvalue weighted by Crippen LogP contribution is 2.22. The van der Waals surface area contributed by atoms with Crippen LogP contribution in [-0.4, -0.2) is 42.5 Å². The lowest BCUT2D eigenvalue weighted by molar-refractivity contribution is -0.121. The van der Waals surface area contributed by atoms with Gasteiger partial charge in [0, 0.05) is 32.1 Å². The van der Waals surface area contributed by atoms with Gasteiger partial charge in [-0.05, 0) is 62.0 Å². The van der Waals surface area contributed by atoms with E-state index in [9.17, 15) is 9.59 Å². The van der Waals surface area contributed by atoms with Gasteiger partial charge in [-0.1, -0.05) is 31.2 Å². The summed E-state index contributed by atoms with van der Waals surface area (Å²) in [5, 5.41) is 6.01. The summed E-state index contributed by atoms with van der Waals surface area (Å²) < 4.78 is 0. The van der Waals surface area contributed by atoms with E-state index in [1.165, 1.54) is 11.1 Å². The number of rotatable bonds is 8. The average Bonchev–Trinajstić information content (AvgIpc) is 3.50. The zero-order chi connectivity index (χ0) is 19.1. The zero-order valence-corrected chi connectivity index (χ0v) is 16.5. The van der Waals surface area contributed by atoms with Crippen LogP contribution >= 0.6 is 0 Å². The Kier molecular flexibility index (Phi) is 7.13. The molecule has 1 aromatic rings. The van der Waals surface area contributed by atoms with E-state index >= 15 is 0 Å². The lowest BCUT2D eigenvalue weighted by atomic mass is 9.90. The predicted molar refractivity (Wildman–Crippen MR) is 108 cm³/mol. The number of aryl methyl sites for hydroxylation is 1. The van der Waals surface area contributed by atoms with Gasteiger partial charge in [0.25, 0.3) is 0 Å². The molecule has 27 heavy (non-hydrogen) atoms. The van der Waals surface area contributed by atoms with Gasteiger partial charge >= 0.3 is 6.03 Å². The number of piperidine rings is 1. The lowest BCUT2D eigenvalue weighted by Gasteiger charge is -2.32. The van der Waals surface area contributed by atoms with E-state index < -0.39 is 0 Å². The number of carbonyl (C=O) groups is 2. The Morgan fingerprint density at radius 1 is 1.04 bits per heavy atom. The van der Waals surface area contributed by atoms with Crippen LogP contribution in [0.2, 0.25) is 0 Å². The van der Waals surface area contributed by atoms with Crippen LogP contribution in [0.3, 0.4) is 0 Å². The fourth-order valence-electron chi connectivity index (χ4n) is 3.64. The number of nitrogens with one attached hydrogen (secondary N) is 2. The number of benzene rings is 1. The van der Waals surface area contributed by atoms with E-state index in [0.717, 1.165) is 64.6 Å². The topological polar surface area (TPSA) is 61.4 Å². The molecule has 1 saturated heterocycles. The second-order valence-electron chi connectivity index (χ2n) is 8.02. The summed E-state index contributed by atoms with van der Waals surface area (Å²) in [6, 6.07) is 9.26. The molecule has 0 atom stereocenters. The van der Waals surface area contributed by atoms with Crippen molar-refractivity contribution in [1.82, 2.24) is 15.5 Å². The summed E-state index contributed by atoms with van der Waals surface area (Å²) >= 11 is 0. The third-order valence-corrected chi connectivity index (χ3v) is 5.56. The van der Waals surface area contributed by atoms with Crippen LogP contribution < -0.4 is 10.6 Å². The minimum atomic E-state index is 0.0883. The largest absolute Gasteiger partial charge is 0.353 e. The van der Waals surface area contributed by atoms with E-state index in [0.29, 0.717) is 18.4 Å². The van der Waals surface area contributed by atoms with Crippen molar-refractivity contribution < 1.29 is 9.59 Å². The zero-order valence-electron chi connectivity index (χ0n) is 16.5. The Morgan fingerprint density at radius 3 is 2.33 bits per heavy atom. The molecule has 0 radical (unpaired) electrons. The van der Waals surface area contributed by atoms with Crippen molar-refractivity contribution in [2.75, 3.05) is 19.6 Å². The molecule has 3 rings (SSSR count). The minimum Gasteiger partial charge on any atom is -0.353 e. The van der Waals surface area contributed by atoms with Crippen LogP contribution in [0.5, 0.6) is 0 Å². The second kappa shape index (κ2) is 9.77. The molecule has 5 heteroatoms. The van der Waals surface area contributed by atoms with Crippen LogP contribution in [0.25, 0.3) is 0 Å². The van der Waals surface area contributed by atoms with Crippen molar-refractivity contribution in [2.24, 2.45) is 5.92 Å². The third-order valence-electron chi connectivity index (χ3n) is 5.56. The van der Waals surface area contributed by atoms with Gasteiger partial charge in [0.2, 0.25) is 5.91 Å².